The second kappa shape index (κ2) is 9.44. The van der Waals surface area contributed by atoms with Crippen LogP contribution in [0.3, 0.4) is 0 Å². The number of benzene rings is 1. The van der Waals surface area contributed by atoms with Crippen LogP contribution < -0.4 is 15.4 Å². The van der Waals surface area contributed by atoms with E-state index in [0.717, 1.165) is 12.1 Å². The summed E-state index contributed by atoms with van der Waals surface area (Å²) in [6.45, 7) is 4.76. The highest BCUT2D eigenvalue weighted by Gasteiger charge is 2.18. The average Bonchev–Trinajstić information content (AvgIpc) is 3.41. The Morgan fingerprint density at radius 3 is 2.62 bits per heavy atom. The quantitative estimate of drug-likeness (QED) is 0.551. The van der Waals surface area contributed by atoms with Gasteiger partial charge >= 0.3 is 0 Å². The van der Waals surface area contributed by atoms with Gasteiger partial charge in [-0.25, -0.2) is 4.68 Å². The van der Waals surface area contributed by atoms with E-state index in [4.69, 9.17) is 4.74 Å². The van der Waals surface area contributed by atoms with Crippen molar-refractivity contribution in [3.63, 3.8) is 0 Å². The van der Waals surface area contributed by atoms with E-state index in [0.29, 0.717) is 24.5 Å². The summed E-state index contributed by atoms with van der Waals surface area (Å²) in [4.78, 5) is 24.5. The Balaban J connectivity index is 1.59. The van der Waals surface area contributed by atoms with Gasteiger partial charge in [-0.2, -0.15) is 5.10 Å². The monoisotopic (exact) mass is 398 g/mol. The molecule has 29 heavy (non-hydrogen) atoms. The van der Waals surface area contributed by atoms with Crippen LogP contribution in [0.25, 0.3) is 5.69 Å². The van der Waals surface area contributed by atoms with Crippen LogP contribution in [0.4, 0.5) is 5.69 Å². The Labute approximate surface area is 167 Å². The van der Waals surface area contributed by atoms with E-state index in [1.165, 1.54) is 11.0 Å². The van der Waals surface area contributed by atoms with Gasteiger partial charge in [0, 0.05) is 19.3 Å². The van der Waals surface area contributed by atoms with Gasteiger partial charge in [0.25, 0.3) is 11.8 Å². The molecule has 2 amide bonds. The second-order valence-corrected chi connectivity index (χ2v) is 6.09. The molecule has 11 nitrogen and oxygen atoms in total. The van der Waals surface area contributed by atoms with E-state index in [2.05, 4.69) is 31.3 Å². The number of hydrogen-bond acceptors (Lipinski definition) is 7. The lowest BCUT2D eigenvalue weighted by Gasteiger charge is -2.08. The van der Waals surface area contributed by atoms with E-state index in [1.54, 1.807) is 35.1 Å². The van der Waals surface area contributed by atoms with Gasteiger partial charge < -0.3 is 15.4 Å². The highest BCUT2D eigenvalue weighted by atomic mass is 16.5. The zero-order valence-corrected chi connectivity index (χ0v) is 16.2. The maximum atomic E-state index is 12.3. The number of carbonyl (C=O) groups excluding carboxylic acids is 2. The number of hydrogen-bond donors (Lipinski definition) is 2. The van der Waals surface area contributed by atoms with Crippen LogP contribution in [0.5, 0.6) is 5.75 Å². The van der Waals surface area contributed by atoms with Crippen molar-refractivity contribution in [2.24, 2.45) is 0 Å². The van der Waals surface area contributed by atoms with Crippen molar-refractivity contribution in [3.8, 4) is 11.4 Å². The number of amides is 2. The molecule has 0 aliphatic heterocycles. The summed E-state index contributed by atoms with van der Waals surface area (Å²) in [7, 11) is 0. The van der Waals surface area contributed by atoms with E-state index in [-0.39, 0.29) is 18.2 Å². The lowest BCUT2D eigenvalue weighted by Crippen LogP contribution is -2.27. The molecule has 0 bridgehead atoms. The number of rotatable bonds is 9. The van der Waals surface area contributed by atoms with Gasteiger partial charge in [0.05, 0.1) is 11.4 Å². The summed E-state index contributed by atoms with van der Waals surface area (Å²) < 4.78 is 8.61. The standard InChI is InChI=1S/C18H22N8O3/c1-3-9-19-18(28)17-15(10-25(4-2)22-17)21-16(27)11-29-14-7-5-13(6-8-14)26-12-20-23-24-26/h5-8,10,12H,3-4,9,11H2,1-2H3,(H,19,28)(H,21,27). The Kier molecular flexibility index (Phi) is 6.51. The molecule has 3 rings (SSSR count). The third-order valence-electron chi connectivity index (χ3n) is 3.93. The number of ether oxygens (including phenoxy) is 1. The molecule has 0 saturated heterocycles. The van der Waals surface area contributed by atoms with Gasteiger partial charge in [-0.15, -0.1) is 5.10 Å². The lowest BCUT2D eigenvalue weighted by molar-refractivity contribution is -0.118. The van der Waals surface area contributed by atoms with Crippen LogP contribution in [-0.4, -0.2) is 55.0 Å². The zero-order valence-electron chi connectivity index (χ0n) is 16.2. The van der Waals surface area contributed by atoms with Crippen LogP contribution in [0.2, 0.25) is 0 Å². The third-order valence-corrected chi connectivity index (χ3v) is 3.93. The minimum Gasteiger partial charge on any atom is -0.484 e. The van der Waals surface area contributed by atoms with E-state index in [9.17, 15) is 9.59 Å². The Hall–Kier alpha value is -3.76. The van der Waals surface area contributed by atoms with E-state index in [1.807, 2.05) is 13.8 Å². The lowest BCUT2D eigenvalue weighted by atomic mass is 10.3. The SMILES string of the molecule is CCCNC(=O)c1nn(CC)cc1NC(=O)COc1ccc(-n2cnnn2)cc1. The molecule has 152 valence electrons. The summed E-state index contributed by atoms with van der Waals surface area (Å²) in [5.74, 6) is -0.203. The van der Waals surface area contributed by atoms with Crippen molar-refractivity contribution in [2.45, 2.75) is 26.8 Å². The highest BCUT2D eigenvalue weighted by molar-refractivity contribution is 6.02. The molecule has 11 heteroatoms. The summed E-state index contributed by atoms with van der Waals surface area (Å²) in [5, 5.41) is 20.6. The molecule has 0 aliphatic carbocycles. The van der Waals surface area contributed by atoms with Crippen LogP contribution in [0, 0.1) is 0 Å². The largest absolute Gasteiger partial charge is 0.484 e. The highest BCUT2D eigenvalue weighted by Crippen LogP contribution is 2.16. The van der Waals surface area contributed by atoms with Gasteiger partial charge in [-0.05, 0) is 48.0 Å². The molecule has 2 aromatic heterocycles. The van der Waals surface area contributed by atoms with Crippen LogP contribution >= 0.6 is 0 Å². The van der Waals surface area contributed by atoms with Crippen molar-refractivity contribution in [2.75, 3.05) is 18.5 Å². The molecule has 0 atom stereocenters. The molecule has 0 aliphatic rings. The van der Waals surface area contributed by atoms with Crippen LogP contribution in [-0.2, 0) is 11.3 Å². The fraction of sp³-hybridized carbons (Fsp3) is 0.333. The Morgan fingerprint density at radius 1 is 1.17 bits per heavy atom. The second-order valence-electron chi connectivity index (χ2n) is 6.09. The molecule has 0 fully saturated rings. The predicted octanol–water partition coefficient (Wildman–Crippen LogP) is 1.04. The van der Waals surface area contributed by atoms with E-state index < -0.39 is 5.91 Å². The molecule has 0 spiro atoms. The maximum absolute atomic E-state index is 12.3. The van der Waals surface area contributed by atoms with Crippen molar-refractivity contribution in [1.82, 2.24) is 35.3 Å². The smallest absolute Gasteiger partial charge is 0.273 e. The van der Waals surface area contributed by atoms with Gasteiger partial charge in [0.2, 0.25) is 0 Å². The molecule has 2 N–H and O–H groups in total. The average molecular weight is 398 g/mol. The van der Waals surface area contributed by atoms with Gasteiger partial charge in [-0.1, -0.05) is 6.92 Å². The van der Waals surface area contributed by atoms with Crippen LogP contribution in [0.15, 0.2) is 36.8 Å². The summed E-state index contributed by atoms with van der Waals surface area (Å²) in [5.41, 5.74) is 1.30. The van der Waals surface area contributed by atoms with Crippen molar-refractivity contribution in [3.05, 3.63) is 42.5 Å². The first-order chi connectivity index (χ1) is 14.1. The third kappa shape index (κ3) is 5.15. The first kappa shape index (κ1) is 20.0. The first-order valence-corrected chi connectivity index (χ1v) is 9.22. The fourth-order valence-corrected chi connectivity index (χ4v) is 2.47. The molecular weight excluding hydrogens is 376 g/mol. The number of tetrazole rings is 1. The van der Waals surface area contributed by atoms with Gasteiger partial charge in [-0.3, -0.25) is 14.3 Å². The Morgan fingerprint density at radius 2 is 1.97 bits per heavy atom. The molecular formula is C18H22N8O3. The number of aromatic nitrogens is 6. The number of nitrogens with zero attached hydrogens (tertiary/aromatic N) is 6. The van der Waals surface area contributed by atoms with Gasteiger partial charge in [0.1, 0.15) is 12.1 Å². The van der Waals surface area contributed by atoms with Crippen molar-refractivity contribution >= 4 is 17.5 Å². The van der Waals surface area contributed by atoms with Crippen molar-refractivity contribution < 1.29 is 14.3 Å². The predicted molar refractivity (Wildman–Crippen MR) is 104 cm³/mol. The minimum atomic E-state index is -0.394. The summed E-state index contributed by atoms with van der Waals surface area (Å²) >= 11 is 0. The van der Waals surface area contributed by atoms with E-state index >= 15 is 0 Å². The summed E-state index contributed by atoms with van der Waals surface area (Å²) in [6.07, 6.45) is 3.91. The zero-order chi connectivity index (χ0) is 20.6. The molecule has 2 heterocycles. The summed E-state index contributed by atoms with van der Waals surface area (Å²) in [6, 6.07) is 6.96. The number of carbonyl (C=O) groups is 2. The van der Waals surface area contributed by atoms with Gasteiger partial charge in [0.15, 0.2) is 12.3 Å². The minimum absolute atomic E-state index is 0.180. The van der Waals surface area contributed by atoms with Crippen molar-refractivity contribution in [1.29, 1.82) is 0 Å². The number of aryl methyl sites for hydroxylation is 1. The first-order valence-electron chi connectivity index (χ1n) is 9.22. The van der Waals surface area contributed by atoms with Crippen LogP contribution in [0.1, 0.15) is 30.8 Å². The molecule has 0 radical (unpaired) electrons. The fourth-order valence-electron chi connectivity index (χ4n) is 2.47. The Bertz CT molecular complexity index is 950. The maximum Gasteiger partial charge on any atom is 0.273 e. The number of nitrogens with one attached hydrogen (secondary N) is 2. The normalized spacial score (nSPS) is 10.6. The topological polar surface area (TPSA) is 129 Å². The molecule has 0 unspecified atom stereocenters. The number of anilines is 1. The molecule has 1 aromatic carbocycles. The molecule has 0 saturated carbocycles. The molecule has 3 aromatic rings.